The van der Waals surface area contributed by atoms with Gasteiger partial charge in [0.05, 0.1) is 7.11 Å². The van der Waals surface area contributed by atoms with Gasteiger partial charge in [-0.05, 0) is 32.9 Å². The summed E-state index contributed by atoms with van der Waals surface area (Å²) in [5.74, 6) is 1.07. The SMILES string of the molecule is COc1cccc(OC(=O)NNC(C)(C)C)c1. The molecule has 0 heterocycles. The number of nitrogens with one attached hydrogen (secondary N) is 2. The van der Waals surface area contributed by atoms with Crippen LogP contribution in [0, 0.1) is 0 Å². The third-order valence-electron chi connectivity index (χ3n) is 1.79. The number of methoxy groups -OCH3 is 1. The van der Waals surface area contributed by atoms with E-state index in [-0.39, 0.29) is 5.54 Å². The first-order chi connectivity index (χ1) is 7.90. The van der Waals surface area contributed by atoms with Crippen molar-refractivity contribution >= 4 is 6.09 Å². The van der Waals surface area contributed by atoms with E-state index in [1.54, 1.807) is 31.4 Å². The van der Waals surface area contributed by atoms with Crippen molar-refractivity contribution in [2.75, 3.05) is 7.11 Å². The molecule has 2 N–H and O–H groups in total. The lowest BCUT2D eigenvalue weighted by Crippen LogP contribution is -2.49. The molecule has 1 aromatic rings. The van der Waals surface area contributed by atoms with Crippen LogP contribution < -0.4 is 20.3 Å². The zero-order valence-electron chi connectivity index (χ0n) is 10.5. The highest BCUT2D eigenvalue weighted by Gasteiger charge is 2.11. The van der Waals surface area contributed by atoms with Gasteiger partial charge in [0, 0.05) is 11.6 Å². The van der Waals surface area contributed by atoms with Gasteiger partial charge in [0.1, 0.15) is 11.5 Å². The number of amides is 1. The lowest BCUT2D eigenvalue weighted by molar-refractivity contribution is 0.188. The summed E-state index contributed by atoms with van der Waals surface area (Å²) in [7, 11) is 1.56. The van der Waals surface area contributed by atoms with E-state index in [1.807, 2.05) is 20.8 Å². The highest BCUT2D eigenvalue weighted by atomic mass is 16.6. The fourth-order valence-electron chi connectivity index (χ4n) is 1.04. The molecule has 5 nitrogen and oxygen atoms in total. The van der Waals surface area contributed by atoms with Crippen LogP contribution in [0.2, 0.25) is 0 Å². The second-order valence-electron chi connectivity index (χ2n) is 4.57. The molecule has 1 aromatic carbocycles. The Morgan fingerprint density at radius 1 is 1.24 bits per heavy atom. The van der Waals surface area contributed by atoms with Crippen LogP contribution in [0.25, 0.3) is 0 Å². The predicted octanol–water partition coefficient (Wildman–Crippen LogP) is 2.09. The summed E-state index contributed by atoms with van der Waals surface area (Å²) in [5.41, 5.74) is 5.06. The van der Waals surface area contributed by atoms with Gasteiger partial charge in [-0.3, -0.25) is 5.43 Å². The van der Waals surface area contributed by atoms with Crippen molar-refractivity contribution < 1.29 is 14.3 Å². The molecular weight excluding hydrogens is 220 g/mol. The van der Waals surface area contributed by atoms with Gasteiger partial charge in [0.25, 0.3) is 0 Å². The Balaban J connectivity index is 2.50. The number of benzene rings is 1. The molecule has 1 amide bonds. The molecule has 0 aromatic heterocycles. The molecule has 0 radical (unpaired) electrons. The van der Waals surface area contributed by atoms with Crippen molar-refractivity contribution in [3.8, 4) is 11.5 Å². The monoisotopic (exact) mass is 238 g/mol. The number of ether oxygens (including phenoxy) is 2. The minimum absolute atomic E-state index is 0.215. The fourth-order valence-corrected chi connectivity index (χ4v) is 1.04. The number of hydrogen-bond donors (Lipinski definition) is 2. The highest BCUT2D eigenvalue weighted by Crippen LogP contribution is 2.18. The minimum Gasteiger partial charge on any atom is -0.497 e. The number of hydrogen-bond acceptors (Lipinski definition) is 4. The van der Waals surface area contributed by atoms with Gasteiger partial charge in [0.2, 0.25) is 0 Å². The first-order valence-corrected chi connectivity index (χ1v) is 5.30. The Hall–Kier alpha value is -1.75. The smallest absolute Gasteiger partial charge is 0.427 e. The molecule has 17 heavy (non-hydrogen) atoms. The first-order valence-electron chi connectivity index (χ1n) is 5.30. The Morgan fingerprint density at radius 3 is 2.47 bits per heavy atom. The third kappa shape index (κ3) is 5.21. The van der Waals surface area contributed by atoms with Crippen LogP contribution in [0.15, 0.2) is 24.3 Å². The largest absolute Gasteiger partial charge is 0.497 e. The van der Waals surface area contributed by atoms with Gasteiger partial charge in [-0.15, -0.1) is 0 Å². The predicted molar refractivity (Wildman–Crippen MR) is 65.0 cm³/mol. The lowest BCUT2D eigenvalue weighted by atomic mass is 10.1. The molecular formula is C12H18N2O3. The highest BCUT2D eigenvalue weighted by molar-refractivity contribution is 5.69. The zero-order chi connectivity index (χ0) is 12.9. The summed E-state index contributed by atoms with van der Waals surface area (Å²) in [6.45, 7) is 5.79. The van der Waals surface area contributed by atoms with Crippen LogP contribution in [0.5, 0.6) is 11.5 Å². The fraction of sp³-hybridized carbons (Fsp3) is 0.417. The van der Waals surface area contributed by atoms with Crippen molar-refractivity contribution in [1.82, 2.24) is 10.9 Å². The number of rotatable bonds is 3. The standard InChI is InChI=1S/C12H18N2O3/c1-12(2,3)14-13-11(15)17-10-7-5-6-9(8-10)16-4/h5-8,14H,1-4H3,(H,13,15). The van der Waals surface area contributed by atoms with E-state index in [4.69, 9.17) is 9.47 Å². The van der Waals surface area contributed by atoms with E-state index in [9.17, 15) is 4.79 Å². The summed E-state index contributed by atoms with van der Waals surface area (Å²) < 4.78 is 10.1. The van der Waals surface area contributed by atoms with Gasteiger partial charge in [-0.1, -0.05) is 6.07 Å². The Morgan fingerprint density at radius 2 is 1.88 bits per heavy atom. The summed E-state index contributed by atoms with van der Waals surface area (Å²) in [5, 5.41) is 0. The van der Waals surface area contributed by atoms with Crippen LogP contribution in [0.4, 0.5) is 4.79 Å². The van der Waals surface area contributed by atoms with E-state index in [2.05, 4.69) is 10.9 Å². The summed E-state index contributed by atoms with van der Waals surface area (Å²) >= 11 is 0. The quantitative estimate of drug-likeness (QED) is 0.792. The van der Waals surface area contributed by atoms with Crippen molar-refractivity contribution in [3.63, 3.8) is 0 Å². The van der Waals surface area contributed by atoms with E-state index in [0.29, 0.717) is 11.5 Å². The molecule has 0 bridgehead atoms. The Bertz CT molecular complexity index is 386. The minimum atomic E-state index is -0.562. The maximum absolute atomic E-state index is 11.4. The molecule has 0 unspecified atom stereocenters. The van der Waals surface area contributed by atoms with E-state index in [0.717, 1.165) is 0 Å². The van der Waals surface area contributed by atoms with Crippen LogP contribution in [-0.2, 0) is 0 Å². The molecule has 0 aliphatic rings. The van der Waals surface area contributed by atoms with E-state index in [1.165, 1.54) is 0 Å². The van der Waals surface area contributed by atoms with E-state index < -0.39 is 6.09 Å². The second-order valence-corrected chi connectivity index (χ2v) is 4.57. The van der Waals surface area contributed by atoms with E-state index >= 15 is 0 Å². The lowest BCUT2D eigenvalue weighted by Gasteiger charge is -2.20. The third-order valence-corrected chi connectivity index (χ3v) is 1.79. The molecule has 0 aliphatic heterocycles. The summed E-state index contributed by atoms with van der Waals surface area (Å²) in [6, 6.07) is 6.84. The topological polar surface area (TPSA) is 59.6 Å². The average molecular weight is 238 g/mol. The van der Waals surface area contributed by atoms with Gasteiger partial charge < -0.3 is 9.47 Å². The molecule has 0 atom stereocenters. The molecule has 0 saturated carbocycles. The normalized spacial score (nSPS) is 10.8. The van der Waals surface area contributed by atoms with Crippen molar-refractivity contribution in [2.24, 2.45) is 0 Å². The number of carbonyl (C=O) groups is 1. The van der Waals surface area contributed by atoms with Gasteiger partial charge in [-0.2, -0.15) is 0 Å². The van der Waals surface area contributed by atoms with Crippen molar-refractivity contribution in [1.29, 1.82) is 0 Å². The second kappa shape index (κ2) is 5.54. The Labute approximate surface area is 101 Å². The maximum atomic E-state index is 11.4. The van der Waals surface area contributed by atoms with Crippen LogP contribution in [0.3, 0.4) is 0 Å². The van der Waals surface area contributed by atoms with Gasteiger partial charge in [-0.25, -0.2) is 10.2 Å². The number of carbonyl (C=O) groups excluding carboxylic acids is 1. The van der Waals surface area contributed by atoms with Crippen LogP contribution >= 0.6 is 0 Å². The summed E-state index contributed by atoms with van der Waals surface area (Å²) in [4.78, 5) is 11.4. The van der Waals surface area contributed by atoms with Gasteiger partial charge in [0.15, 0.2) is 0 Å². The van der Waals surface area contributed by atoms with Crippen molar-refractivity contribution in [3.05, 3.63) is 24.3 Å². The molecule has 94 valence electrons. The first kappa shape index (κ1) is 13.3. The molecule has 1 rings (SSSR count). The zero-order valence-corrected chi connectivity index (χ0v) is 10.5. The molecule has 0 fully saturated rings. The molecule has 0 aliphatic carbocycles. The van der Waals surface area contributed by atoms with Gasteiger partial charge >= 0.3 is 6.09 Å². The Kier molecular flexibility index (Phi) is 4.34. The average Bonchev–Trinajstić information content (AvgIpc) is 2.26. The molecule has 0 spiro atoms. The summed E-state index contributed by atoms with van der Waals surface area (Å²) in [6.07, 6.45) is -0.562. The molecule has 5 heteroatoms. The van der Waals surface area contributed by atoms with Crippen LogP contribution in [0.1, 0.15) is 20.8 Å². The van der Waals surface area contributed by atoms with Crippen molar-refractivity contribution in [2.45, 2.75) is 26.3 Å². The molecule has 0 saturated heterocycles. The number of hydrazine groups is 1. The van der Waals surface area contributed by atoms with Crippen LogP contribution in [-0.4, -0.2) is 18.7 Å². The maximum Gasteiger partial charge on any atom is 0.427 e.